The standard InChI is InChI=1S/C25H29N3O/c1-21-8-7-11-23(18-21)24(27-12-5-6-13-27)19-25(29)28-16-14-26(15-17-28)20-22-9-3-2-4-10-22/h2-13,18,24H,14-17,19-20H2,1H3. The average molecular weight is 388 g/mol. The smallest absolute Gasteiger partial charge is 0.225 e. The van der Waals surface area contributed by atoms with E-state index in [0.29, 0.717) is 6.42 Å². The van der Waals surface area contributed by atoms with Crippen LogP contribution in [-0.2, 0) is 11.3 Å². The zero-order valence-corrected chi connectivity index (χ0v) is 17.1. The molecule has 1 fully saturated rings. The maximum absolute atomic E-state index is 13.1. The molecule has 1 atom stereocenters. The molecule has 0 aliphatic carbocycles. The second-order valence-electron chi connectivity index (χ2n) is 7.91. The van der Waals surface area contributed by atoms with Crippen LogP contribution in [0.15, 0.2) is 79.1 Å². The molecule has 1 unspecified atom stereocenters. The van der Waals surface area contributed by atoms with Crippen LogP contribution < -0.4 is 0 Å². The van der Waals surface area contributed by atoms with Crippen molar-refractivity contribution in [3.63, 3.8) is 0 Å². The Labute approximate surface area is 173 Å². The van der Waals surface area contributed by atoms with Gasteiger partial charge in [-0.15, -0.1) is 0 Å². The van der Waals surface area contributed by atoms with E-state index in [2.05, 4.69) is 83.4 Å². The first kappa shape index (κ1) is 19.5. The second-order valence-corrected chi connectivity index (χ2v) is 7.91. The minimum atomic E-state index is 0.0414. The predicted octanol–water partition coefficient (Wildman–Crippen LogP) is 4.12. The highest BCUT2D eigenvalue weighted by molar-refractivity contribution is 5.77. The molecule has 4 heteroatoms. The Balaban J connectivity index is 1.38. The molecule has 1 saturated heterocycles. The van der Waals surface area contributed by atoms with Crippen molar-refractivity contribution >= 4 is 5.91 Å². The van der Waals surface area contributed by atoms with Crippen molar-refractivity contribution < 1.29 is 4.79 Å². The number of nitrogens with zero attached hydrogens (tertiary/aromatic N) is 3. The van der Waals surface area contributed by atoms with Gasteiger partial charge in [-0.2, -0.15) is 0 Å². The van der Waals surface area contributed by atoms with Gasteiger partial charge in [-0.1, -0.05) is 60.2 Å². The Morgan fingerprint density at radius 2 is 1.62 bits per heavy atom. The number of amides is 1. The van der Waals surface area contributed by atoms with Gasteiger partial charge in [-0.05, 0) is 30.2 Å². The zero-order chi connectivity index (χ0) is 20.1. The number of rotatable bonds is 6. The van der Waals surface area contributed by atoms with E-state index >= 15 is 0 Å². The Kier molecular flexibility index (Phi) is 6.11. The molecular formula is C25H29N3O. The molecule has 1 aliphatic rings. The van der Waals surface area contributed by atoms with Crippen molar-refractivity contribution in [2.45, 2.75) is 25.9 Å². The van der Waals surface area contributed by atoms with E-state index in [1.807, 2.05) is 17.0 Å². The van der Waals surface area contributed by atoms with Gasteiger partial charge in [-0.3, -0.25) is 9.69 Å². The molecule has 29 heavy (non-hydrogen) atoms. The van der Waals surface area contributed by atoms with Gasteiger partial charge in [0.1, 0.15) is 0 Å². The van der Waals surface area contributed by atoms with Crippen LogP contribution in [0, 0.1) is 6.92 Å². The number of hydrogen-bond donors (Lipinski definition) is 0. The van der Waals surface area contributed by atoms with Crippen LogP contribution in [-0.4, -0.2) is 46.5 Å². The number of aryl methyl sites for hydroxylation is 1. The molecule has 0 radical (unpaired) electrons. The quantitative estimate of drug-likeness (QED) is 0.636. The Bertz CT molecular complexity index is 912. The van der Waals surface area contributed by atoms with Gasteiger partial charge in [0.15, 0.2) is 0 Å². The molecule has 1 aromatic heterocycles. The molecule has 150 valence electrons. The lowest BCUT2D eigenvalue weighted by Crippen LogP contribution is -2.48. The van der Waals surface area contributed by atoms with E-state index in [4.69, 9.17) is 0 Å². The molecule has 0 N–H and O–H groups in total. The van der Waals surface area contributed by atoms with Gasteiger partial charge in [-0.25, -0.2) is 0 Å². The summed E-state index contributed by atoms with van der Waals surface area (Å²) >= 11 is 0. The number of piperazine rings is 1. The second kappa shape index (κ2) is 9.10. The SMILES string of the molecule is Cc1cccc(C(CC(=O)N2CCN(Cc3ccccc3)CC2)n2cccc2)c1. The van der Waals surface area contributed by atoms with Gasteiger partial charge in [0.25, 0.3) is 0 Å². The van der Waals surface area contributed by atoms with Crippen molar-refractivity contribution in [3.05, 3.63) is 95.8 Å². The largest absolute Gasteiger partial charge is 0.346 e. The van der Waals surface area contributed by atoms with Gasteiger partial charge >= 0.3 is 0 Å². The van der Waals surface area contributed by atoms with Gasteiger partial charge in [0.2, 0.25) is 5.91 Å². The third-order valence-electron chi connectivity index (χ3n) is 5.76. The summed E-state index contributed by atoms with van der Waals surface area (Å²) in [7, 11) is 0. The number of carbonyl (C=O) groups excluding carboxylic acids is 1. The normalized spacial score (nSPS) is 16.0. The van der Waals surface area contributed by atoms with Crippen molar-refractivity contribution in [3.8, 4) is 0 Å². The molecule has 0 bridgehead atoms. The van der Waals surface area contributed by atoms with Crippen LogP contribution in [0.3, 0.4) is 0 Å². The number of benzene rings is 2. The van der Waals surface area contributed by atoms with Crippen LogP contribution in [0.4, 0.5) is 0 Å². The average Bonchev–Trinajstić information content (AvgIpc) is 3.28. The fourth-order valence-electron chi connectivity index (χ4n) is 4.12. The van der Waals surface area contributed by atoms with E-state index < -0.39 is 0 Å². The molecule has 1 aliphatic heterocycles. The molecule has 2 heterocycles. The maximum atomic E-state index is 13.1. The molecule has 4 rings (SSSR count). The molecular weight excluding hydrogens is 358 g/mol. The molecule has 0 saturated carbocycles. The molecule has 3 aromatic rings. The topological polar surface area (TPSA) is 28.5 Å². The Morgan fingerprint density at radius 3 is 2.31 bits per heavy atom. The van der Waals surface area contributed by atoms with Crippen molar-refractivity contribution in [1.29, 1.82) is 0 Å². The van der Waals surface area contributed by atoms with E-state index in [9.17, 15) is 4.79 Å². The summed E-state index contributed by atoms with van der Waals surface area (Å²) < 4.78 is 2.15. The van der Waals surface area contributed by atoms with Gasteiger partial charge in [0.05, 0.1) is 12.5 Å². The van der Waals surface area contributed by atoms with E-state index in [1.165, 1.54) is 16.7 Å². The van der Waals surface area contributed by atoms with E-state index in [1.54, 1.807) is 0 Å². The first-order valence-corrected chi connectivity index (χ1v) is 10.4. The third-order valence-corrected chi connectivity index (χ3v) is 5.76. The summed E-state index contributed by atoms with van der Waals surface area (Å²) in [5.41, 5.74) is 3.75. The first-order valence-electron chi connectivity index (χ1n) is 10.4. The zero-order valence-electron chi connectivity index (χ0n) is 17.1. The highest BCUT2D eigenvalue weighted by Crippen LogP contribution is 2.24. The monoisotopic (exact) mass is 387 g/mol. The molecule has 4 nitrogen and oxygen atoms in total. The first-order chi connectivity index (χ1) is 14.2. The third kappa shape index (κ3) is 4.96. The highest BCUT2D eigenvalue weighted by Gasteiger charge is 2.25. The van der Waals surface area contributed by atoms with Crippen LogP contribution in [0.25, 0.3) is 0 Å². The Hall–Kier alpha value is -2.85. The lowest BCUT2D eigenvalue weighted by Gasteiger charge is -2.35. The summed E-state index contributed by atoms with van der Waals surface area (Å²) in [6.07, 6.45) is 4.60. The summed E-state index contributed by atoms with van der Waals surface area (Å²) in [5.74, 6) is 0.240. The fourth-order valence-corrected chi connectivity index (χ4v) is 4.12. The summed E-state index contributed by atoms with van der Waals surface area (Å²) in [6.45, 7) is 6.52. The minimum absolute atomic E-state index is 0.0414. The predicted molar refractivity (Wildman–Crippen MR) is 117 cm³/mol. The minimum Gasteiger partial charge on any atom is -0.346 e. The van der Waals surface area contributed by atoms with Crippen molar-refractivity contribution in [2.75, 3.05) is 26.2 Å². The van der Waals surface area contributed by atoms with Gasteiger partial charge in [0, 0.05) is 45.1 Å². The number of hydrogen-bond acceptors (Lipinski definition) is 2. The Morgan fingerprint density at radius 1 is 0.897 bits per heavy atom. The van der Waals surface area contributed by atoms with Crippen molar-refractivity contribution in [1.82, 2.24) is 14.4 Å². The number of aromatic nitrogens is 1. The maximum Gasteiger partial charge on any atom is 0.225 e. The lowest BCUT2D eigenvalue weighted by molar-refractivity contribution is -0.133. The van der Waals surface area contributed by atoms with Gasteiger partial charge < -0.3 is 9.47 Å². The van der Waals surface area contributed by atoms with Crippen LogP contribution in [0.1, 0.15) is 29.2 Å². The lowest BCUT2D eigenvalue weighted by atomic mass is 10.0. The van der Waals surface area contributed by atoms with E-state index in [0.717, 1.165) is 32.7 Å². The fraction of sp³-hybridized carbons (Fsp3) is 0.320. The van der Waals surface area contributed by atoms with E-state index in [-0.39, 0.29) is 11.9 Å². The summed E-state index contributed by atoms with van der Waals surface area (Å²) in [4.78, 5) is 17.6. The summed E-state index contributed by atoms with van der Waals surface area (Å²) in [6, 6.07) is 23.1. The number of carbonyl (C=O) groups is 1. The summed E-state index contributed by atoms with van der Waals surface area (Å²) in [5, 5.41) is 0. The molecule has 0 spiro atoms. The van der Waals surface area contributed by atoms with Crippen LogP contribution in [0.5, 0.6) is 0 Å². The molecule has 2 aromatic carbocycles. The molecule has 1 amide bonds. The van der Waals surface area contributed by atoms with Crippen molar-refractivity contribution in [2.24, 2.45) is 0 Å². The highest BCUT2D eigenvalue weighted by atomic mass is 16.2. The van der Waals surface area contributed by atoms with Crippen LogP contribution in [0.2, 0.25) is 0 Å². The van der Waals surface area contributed by atoms with Crippen LogP contribution >= 0.6 is 0 Å².